The largest absolute Gasteiger partial charge is 0.307 e. The summed E-state index contributed by atoms with van der Waals surface area (Å²) in [7, 11) is 0. The molecule has 6 heteroatoms. The second-order valence-electron chi connectivity index (χ2n) is 3.54. The van der Waals surface area contributed by atoms with Gasteiger partial charge in [-0.25, -0.2) is 15.0 Å². The first-order chi connectivity index (χ1) is 7.84. The van der Waals surface area contributed by atoms with Gasteiger partial charge in [-0.3, -0.25) is 4.79 Å². The van der Waals surface area contributed by atoms with E-state index in [2.05, 4.69) is 25.3 Å². The Morgan fingerprint density at radius 1 is 1.31 bits per heavy atom. The van der Waals surface area contributed by atoms with Gasteiger partial charge in [0.25, 0.3) is 5.56 Å². The molecule has 0 radical (unpaired) electrons. The Kier molecular flexibility index (Phi) is 2.00. The van der Waals surface area contributed by atoms with E-state index >= 15 is 0 Å². The van der Waals surface area contributed by atoms with Crippen LogP contribution in [-0.2, 0) is 13.1 Å². The number of aromatic amines is 1. The number of hydrogen-bond donors (Lipinski definition) is 2. The minimum Gasteiger partial charge on any atom is -0.307 e. The van der Waals surface area contributed by atoms with E-state index in [1.807, 2.05) is 0 Å². The van der Waals surface area contributed by atoms with E-state index < -0.39 is 0 Å². The van der Waals surface area contributed by atoms with E-state index in [1.54, 1.807) is 12.3 Å². The third kappa shape index (κ3) is 1.40. The standard InChI is InChI=1S/C10H9N5O/c16-10-6-3-12-4-8(6)14-9(15-10)7-1-2-11-5-13-7/h1-2,5,12H,3-4H2,(H,14,15,16). The summed E-state index contributed by atoms with van der Waals surface area (Å²) in [6.07, 6.45) is 3.05. The fourth-order valence-electron chi connectivity index (χ4n) is 1.73. The van der Waals surface area contributed by atoms with E-state index in [-0.39, 0.29) is 5.56 Å². The van der Waals surface area contributed by atoms with Gasteiger partial charge in [-0.15, -0.1) is 0 Å². The molecule has 80 valence electrons. The molecule has 0 bridgehead atoms. The first-order valence-corrected chi connectivity index (χ1v) is 4.94. The maximum atomic E-state index is 11.7. The summed E-state index contributed by atoms with van der Waals surface area (Å²) in [5, 5.41) is 3.09. The molecule has 0 amide bonds. The Labute approximate surface area is 90.8 Å². The predicted octanol–water partition coefficient (Wildman–Crippen LogP) is -0.170. The summed E-state index contributed by atoms with van der Waals surface area (Å²) >= 11 is 0. The molecule has 0 spiro atoms. The summed E-state index contributed by atoms with van der Waals surface area (Å²) in [5.41, 5.74) is 2.06. The molecule has 0 aliphatic carbocycles. The van der Waals surface area contributed by atoms with Gasteiger partial charge in [0, 0.05) is 19.3 Å². The summed E-state index contributed by atoms with van der Waals surface area (Å²) in [6, 6.07) is 1.72. The minimum atomic E-state index is -0.0939. The third-order valence-corrected chi connectivity index (χ3v) is 2.52. The second kappa shape index (κ2) is 3.49. The highest BCUT2D eigenvalue weighted by atomic mass is 16.1. The molecule has 16 heavy (non-hydrogen) atoms. The van der Waals surface area contributed by atoms with Crippen LogP contribution in [0.4, 0.5) is 0 Å². The fraction of sp³-hybridized carbons (Fsp3) is 0.200. The van der Waals surface area contributed by atoms with Gasteiger partial charge in [-0.05, 0) is 6.07 Å². The highest BCUT2D eigenvalue weighted by Crippen LogP contribution is 2.13. The Hall–Kier alpha value is -2.08. The number of aromatic nitrogens is 4. The van der Waals surface area contributed by atoms with Crippen LogP contribution in [-0.4, -0.2) is 19.9 Å². The molecule has 0 aromatic carbocycles. The van der Waals surface area contributed by atoms with Crippen molar-refractivity contribution in [1.29, 1.82) is 0 Å². The van der Waals surface area contributed by atoms with Crippen LogP contribution in [0.1, 0.15) is 11.3 Å². The highest BCUT2D eigenvalue weighted by molar-refractivity contribution is 5.48. The second-order valence-corrected chi connectivity index (χ2v) is 3.54. The number of hydrogen-bond acceptors (Lipinski definition) is 5. The highest BCUT2D eigenvalue weighted by Gasteiger charge is 2.17. The number of H-pyrrole nitrogens is 1. The first-order valence-electron chi connectivity index (χ1n) is 4.94. The summed E-state index contributed by atoms with van der Waals surface area (Å²) in [5.74, 6) is 0.495. The summed E-state index contributed by atoms with van der Waals surface area (Å²) < 4.78 is 0. The van der Waals surface area contributed by atoms with Crippen LogP contribution in [0.3, 0.4) is 0 Å². The molecule has 1 aliphatic rings. The van der Waals surface area contributed by atoms with Crippen molar-refractivity contribution in [1.82, 2.24) is 25.3 Å². The summed E-state index contributed by atoms with van der Waals surface area (Å²) in [6.45, 7) is 1.22. The van der Waals surface area contributed by atoms with Crippen LogP contribution in [0.15, 0.2) is 23.4 Å². The van der Waals surface area contributed by atoms with Gasteiger partial charge in [0.1, 0.15) is 12.0 Å². The van der Waals surface area contributed by atoms with Crippen LogP contribution in [0.5, 0.6) is 0 Å². The smallest absolute Gasteiger partial charge is 0.256 e. The van der Waals surface area contributed by atoms with E-state index in [9.17, 15) is 4.79 Å². The Balaban J connectivity index is 2.17. The lowest BCUT2D eigenvalue weighted by Gasteiger charge is -2.01. The fourth-order valence-corrected chi connectivity index (χ4v) is 1.73. The zero-order chi connectivity index (χ0) is 11.0. The molecule has 0 unspecified atom stereocenters. The molecule has 2 N–H and O–H groups in total. The number of fused-ring (bicyclic) bond motifs is 1. The van der Waals surface area contributed by atoms with Crippen LogP contribution >= 0.6 is 0 Å². The predicted molar refractivity (Wildman–Crippen MR) is 56.4 cm³/mol. The lowest BCUT2D eigenvalue weighted by Crippen LogP contribution is -2.16. The Morgan fingerprint density at radius 3 is 3.06 bits per heavy atom. The molecule has 0 saturated carbocycles. The van der Waals surface area contributed by atoms with Gasteiger partial charge in [0.05, 0.1) is 11.3 Å². The summed E-state index contributed by atoms with van der Waals surface area (Å²) in [4.78, 5) is 26.7. The molecule has 3 rings (SSSR count). The van der Waals surface area contributed by atoms with Gasteiger partial charge in [0.2, 0.25) is 0 Å². The molecule has 2 aromatic rings. The molecule has 0 atom stereocenters. The average molecular weight is 215 g/mol. The lowest BCUT2D eigenvalue weighted by molar-refractivity contribution is 0.757. The van der Waals surface area contributed by atoms with Gasteiger partial charge in [-0.1, -0.05) is 0 Å². The molecular formula is C10H9N5O. The molecule has 3 heterocycles. The molecule has 1 aliphatic heterocycles. The van der Waals surface area contributed by atoms with Crippen molar-refractivity contribution >= 4 is 0 Å². The van der Waals surface area contributed by atoms with Crippen molar-refractivity contribution in [3.63, 3.8) is 0 Å². The van der Waals surface area contributed by atoms with Crippen molar-refractivity contribution in [2.45, 2.75) is 13.1 Å². The molecule has 0 fully saturated rings. The molecule has 0 saturated heterocycles. The van der Waals surface area contributed by atoms with Gasteiger partial charge >= 0.3 is 0 Å². The van der Waals surface area contributed by atoms with Crippen LogP contribution < -0.4 is 10.9 Å². The van der Waals surface area contributed by atoms with Gasteiger partial charge in [-0.2, -0.15) is 0 Å². The van der Waals surface area contributed by atoms with Crippen molar-refractivity contribution in [3.05, 3.63) is 40.2 Å². The van der Waals surface area contributed by atoms with Crippen LogP contribution in [0, 0.1) is 0 Å². The SMILES string of the molecule is O=c1[nH]c(-c2ccncn2)nc2c1CNC2. The molecule has 6 nitrogen and oxygen atoms in total. The minimum absolute atomic E-state index is 0.0939. The van der Waals surface area contributed by atoms with Crippen LogP contribution in [0.2, 0.25) is 0 Å². The molecular weight excluding hydrogens is 206 g/mol. The van der Waals surface area contributed by atoms with Crippen LogP contribution in [0.25, 0.3) is 11.5 Å². The van der Waals surface area contributed by atoms with Crippen molar-refractivity contribution in [3.8, 4) is 11.5 Å². The van der Waals surface area contributed by atoms with Crippen molar-refractivity contribution < 1.29 is 0 Å². The topological polar surface area (TPSA) is 83.6 Å². The zero-order valence-corrected chi connectivity index (χ0v) is 8.40. The Bertz CT molecular complexity index is 578. The van der Waals surface area contributed by atoms with Gasteiger partial charge in [0.15, 0.2) is 5.82 Å². The van der Waals surface area contributed by atoms with E-state index in [1.165, 1.54) is 6.33 Å². The number of rotatable bonds is 1. The number of nitrogens with zero attached hydrogens (tertiary/aromatic N) is 3. The average Bonchev–Trinajstić information content (AvgIpc) is 2.79. The monoisotopic (exact) mass is 215 g/mol. The zero-order valence-electron chi connectivity index (χ0n) is 8.40. The maximum Gasteiger partial charge on any atom is 0.256 e. The van der Waals surface area contributed by atoms with Crippen molar-refractivity contribution in [2.75, 3.05) is 0 Å². The quantitative estimate of drug-likeness (QED) is 0.690. The Morgan fingerprint density at radius 2 is 2.25 bits per heavy atom. The normalized spacial score (nSPS) is 13.8. The number of nitrogens with one attached hydrogen (secondary N) is 2. The first kappa shape index (κ1) is 9.17. The van der Waals surface area contributed by atoms with Crippen molar-refractivity contribution in [2.24, 2.45) is 0 Å². The molecule has 2 aromatic heterocycles. The van der Waals surface area contributed by atoms with E-state index in [0.29, 0.717) is 24.6 Å². The third-order valence-electron chi connectivity index (χ3n) is 2.52. The maximum absolute atomic E-state index is 11.7. The van der Waals surface area contributed by atoms with Gasteiger partial charge < -0.3 is 10.3 Å². The van der Waals surface area contributed by atoms with E-state index in [0.717, 1.165) is 11.3 Å². The van der Waals surface area contributed by atoms with E-state index in [4.69, 9.17) is 0 Å². The lowest BCUT2D eigenvalue weighted by atomic mass is 10.2.